The van der Waals surface area contributed by atoms with Crippen molar-refractivity contribution in [2.45, 2.75) is 17.5 Å². The number of aldehydes is 1. The van der Waals surface area contributed by atoms with E-state index in [9.17, 15) is 32.8 Å². The van der Waals surface area contributed by atoms with Gasteiger partial charge in [-0.15, -0.1) is 5.10 Å². The maximum atomic E-state index is 11.8. The third-order valence-corrected chi connectivity index (χ3v) is 6.37. The molecule has 0 saturated carbocycles. The Morgan fingerprint density at radius 1 is 1.29 bits per heavy atom. The topological polar surface area (TPSA) is 197 Å². The number of sulfone groups is 1. The normalized spacial score (nSPS) is 15.0. The van der Waals surface area contributed by atoms with Crippen LogP contribution >= 0.6 is 7.82 Å². The molecule has 0 aliphatic rings. The monoisotopic (exact) mass is 520 g/mol. The average molecular weight is 520 g/mol. The first-order valence-electron chi connectivity index (χ1n) is 9.75. The SMILES string of the molecule is C[N+](C)(C)CCOP(=O)([O-])OCCC(C=O)n1cc(-c2cnc(S(C)(=O)=O)c([N+](=O)[O-])c2)nn1. The molecule has 2 atom stereocenters. The van der Waals surface area contributed by atoms with E-state index in [1.165, 1.54) is 6.20 Å². The third-order valence-electron chi connectivity index (χ3n) is 4.36. The summed E-state index contributed by atoms with van der Waals surface area (Å²) in [5.74, 6) is 0. The number of nitro groups is 1. The van der Waals surface area contributed by atoms with Gasteiger partial charge in [-0.2, -0.15) is 0 Å². The van der Waals surface area contributed by atoms with Gasteiger partial charge in [0, 0.05) is 30.5 Å². The Morgan fingerprint density at radius 2 is 1.94 bits per heavy atom. The molecule has 34 heavy (non-hydrogen) atoms. The van der Waals surface area contributed by atoms with E-state index in [0.29, 0.717) is 17.3 Å². The van der Waals surface area contributed by atoms with E-state index in [1.54, 1.807) is 0 Å². The Hall–Kier alpha value is -2.62. The van der Waals surface area contributed by atoms with Crippen molar-refractivity contribution in [1.29, 1.82) is 0 Å². The average Bonchev–Trinajstić information content (AvgIpc) is 3.18. The van der Waals surface area contributed by atoms with Crippen LogP contribution in [0.25, 0.3) is 11.3 Å². The summed E-state index contributed by atoms with van der Waals surface area (Å²) in [6, 6.07) is 0.0312. The summed E-state index contributed by atoms with van der Waals surface area (Å²) in [6.45, 7) is 0.0123. The number of likely N-dealkylation sites (N-methyl/N-ethyl adjacent to an activating group) is 1. The van der Waals surface area contributed by atoms with Gasteiger partial charge in [0.2, 0.25) is 5.03 Å². The Kier molecular flexibility index (Phi) is 8.74. The van der Waals surface area contributed by atoms with Crippen molar-refractivity contribution in [3.05, 3.63) is 28.6 Å². The predicted molar refractivity (Wildman–Crippen MR) is 115 cm³/mol. The van der Waals surface area contributed by atoms with E-state index in [-0.39, 0.29) is 30.9 Å². The van der Waals surface area contributed by atoms with Crippen molar-refractivity contribution in [3.8, 4) is 11.3 Å². The highest BCUT2D eigenvalue weighted by molar-refractivity contribution is 7.90. The molecule has 0 spiro atoms. The summed E-state index contributed by atoms with van der Waals surface area (Å²) in [5.41, 5.74) is -0.547. The van der Waals surface area contributed by atoms with E-state index in [1.807, 2.05) is 21.1 Å². The number of phosphoric ester groups is 1. The lowest BCUT2D eigenvalue weighted by Crippen LogP contribution is -2.37. The van der Waals surface area contributed by atoms with Crippen LogP contribution < -0.4 is 4.89 Å². The lowest BCUT2D eigenvalue weighted by Gasteiger charge is -2.27. The molecule has 0 aliphatic heterocycles. The molecule has 0 radical (unpaired) electrons. The zero-order valence-electron chi connectivity index (χ0n) is 18.9. The molecule has 188 valence electrons. The van der Waals surface area contributed by atoms with Crippen LogP contribution in [0.5, 0.6) is 0 Å². The number of quaternary nitrogens is 1. The Bertz CT molecular complexity index is 1190. The molecule has 2 unspecified atom stereocenters. The van der Waals surface area contributed by atoms with Crippen molar-refractivity contribution in [2.75, 3.05) is 47.2 Å². The number of carbonyl (C=O) groups excluding carboxylic acids is 1. The second-order valence-corrected chi connectivity index (χ2v) is 11.6. The highest BCUT2D eigenvalue weighted by atomic mass is 32.2. The number of rotatable bonds is 13. The van der Waals surface area contributed by atoms with Crippen LogP contribution in [0.1, 0.15) is 12.5 Å². The zero-order valence-corrected chi connectivity index (χ0v) is 20.6. The number of aromatic nitrogens is 4. The summed E-state index contributed by atoms with van der Waals surface area (Å²) in [7, 11) is -2.88. The van der Waals surface area contributed by atoms with Gasteiger partial charge in [-0.3, -0.25) is 14.7 Å². The fraction of sp³-hybridized carbons (Fsp3) is 0.529. The Balaban J connectivity index is 2.08. The lowest BCUT2D eigenvalue weighted by molar-refractivity contribution is -0.870. The zero-order chi connectivity index (χ0) is 25.7. The van der Waals surface area contributed by atoms with Crippen LogP contribution in [-0.2, 0) is 28.2 Å². The van der Waals surface area contributed by atoms with Crippen molar-refractivity contribution in [1.82, 2.24) is 20.0 Å². The molecule has 0 aromatic carbocycles. The molecule has 0 aliphatic carbocycles. The first-order valence-corrected chi connectivity index (χ1v) is 13.1. The first-order chi connectivity index (χ1) is 15.6. The molecule has 2 heterocycles. The van der Waals surface area contributed by atoms with E-state index in [2.05, 4.69) is 15.3 Å². The maximum absolute atomic E-state index is 11.8. The quantitative estimate of drug-likeness (QED) is 0.113. The third kappa shape index (κ3) is 8.00. The molecule has 0 N–H and O–H groups in total. The summed E-state index contributed by atoms with van der Waals surface area (Å²) in [5, 5.41) is 18.2. The molecule has 17 heteroatoms. The highest BCUT2D eigenvalue weighted by Crippen LogP contribution is 2.38. The van der Waals surface area contributed by atoms with Gasteiger partial charge in [-0.1, -0.05) is 5.21 Å². The number of hydrogen-bond acceptors (Lipinski definition) is 12. The predicted octanol–water partition coefficient (Wildman–Crippen LogP) is -0.0103. The number of pyridine rings is 1. The van der Waals surface area contributed by atoms with Crippen molar-refractivity contribution in [2.24, 2.45) is 0 Å². The van der Waals surface area contributed by atoms with Crippen LogP contribution in [0.15, 0.2) is 23.5 Å². The molecule has 0 amide bonds. The van der Waals surface area contributed by atoms with E-state index in [4.69, 9.17) is 9.05 Å². The van der Waals surface area contributed by atoms with Gasteiger partial charge in [0.1, 0.15) is 31.2 Å². The fourth-order valence-corrected chi connectivity index (χ4v) is 4.05. The molecule has 2 aromatic rings. The van der Waals surface area contributed by atoms with Gasteiger partial charge in [-0.25, -0.2) is 18.1 Å². The van der Waals surface area contributed by atoms with E-state index >= 15 is 0 Å². The van der Waals surface area contributed by atoms with Crippen molar-refractivity contribution >= 4 is 29.6 Å². The minimum absolute atomic E-state index is 0.0634. The second-order valence-electron chi connectivity index (χ2n) is 8.28. The molecular formula is C17H25N6O9PS. The van der Waals surface area contributed by atoms with Crippen LogP contribution in [-0.4, -0.2) is 91.2 Å². The highest BCUT2D eigenvalue weighted by Gasteiger charge is 2.26. The minimum atomic E-state index is -4.56. The van der Waals surface area contributed by atoms with Gasteiger partial charge in [-0.05, 0) is 0 Å². The molecular weight excluding hydrogens is 495 g/mol. The molecule has 0 saturated heterocycles. The summed E-state index contributed by atoms with van der Waals surface area (Å²) >= 11 is 0. The first kappa shape index (κ1) is 27.6. The summed E-state index contributed by atoms with van der Waals surface area (Å²) < 4.78 is 46.5. The van der Waals surface area contributed by atoms with Crippen molar-refractivity contribution in [3.63, 3.8) is 0 Å². The molecule has 2 aromatic heterocycles. The number of hydrogen-bond donors (Lipinski definition) is 0. The Morgan fingerprint density at radius 3 is 2.50 bits per heavy atom. The second kappa shape index (κ2) is 10.8. The number of phosphoric acid groups is 1. The van der Waals surface area contributed by atoms with Gasteiger partial charge in [0.25, 0.3) is 7.82 Å². The Labute approximate surface area is 195 Å². The lowest BCUT2D eigenvalue weighted by atomic mass is 10.2. The minimum Gasteiger partial charge on any atom is -0.756 e. The summed E-state index contributed by atoms with van der Waals surface area (Å²) in [4.78, 5) is 37.4. The summed E-state index contributed by atoms with van der Waals surface area (Å²) in [6.07, 6.45) is 3.59. The molecule has 15 nitrogen and oxygen atoms in total. The van der Waals surface area contributed by atoms with Crippen LogP contribution in [0.4, 0.5) is 5.69 Å². The largest absolute Gasteiger partial charge is 0.756 e. The van der Waals surface area contributed by atoms with Gasteiger partial charge in [0.15, 0.2) is 9.84 Å². The van der Waals surface area contributed by atoms with Crippen molar-refractivity contribution < 1.29 is 41.1 Å². The fourth-order valence-electron chi connectivity index (χ4n) is 2.58. The van der Waals surface area contributed by atoms with Crippen LogP contribution in [0, 0.1) is 10.1 Å². The molecule has 0 fully saturated rings. The smallest absolute Gasteiger partial charge is 0.307 e. The number of carbonyl (C=O) groups is 1. The molecule has 0 bridgehead atoms. The number of nitrogens with zero attached hydrogens (tertiary/aromatic N) is 6. The van der Waals surface area contributed by atoms with E-state index in [0.717, 1.165) is 23.2 Å². The molecule has 2 rings (SSSR count). The van der Waals surface area contributed by atoms with E-state index < -0.39 is 39.3 Å². The van der Waals surface area contributed by atoms with Gasteiger partial charge >= 0.3 is 5.69 Å². The van der Waals surface area contributed by atoms with Gasteiger partial charge < -0.3 is 23.2 Å². The standard InChI is InChI=1S/C17H25N6O9PS/c1-23(2,3)6-8-32-33(27,28)31-7-5-14(12-24)21-11-15(19-20-21)13-9-16(22(25)26)17(18-10-13)34(4,29)30/h9-12,14H,5-8H2,1-4H3. The maximum Gasteiger partial charge on any atom is 0.307 e. The van der Waals surface area contributed by atoms with Crippen LogP contribution in [0.2, 0.25) is 0 Å². The van der Waals surface area contributed by atoms with Crippen LogP contribution in [0.3, 0.4) is 0 Å². The van der Waals surface area contributed by atoms with Gasteiger partial charge in [0.05, 0.1) is 38.9 Å².